The maximum atomic E-state index is 12.3. The molecule has 1 rings (SSSR count). The minimum absolute atomic E-state index is 0.209. The Labute approximate surface area is 120 Å². The highest BCUT2D eigenvalue weighted by atomic mass is 35.5. The molecule has 1 aromatic carbocycles. The molecule has 0 aliphatic rings. The largest absolute Gasteiger partial charge is 0.464 e. The molecular weight excluding hydrogens is 262 g/mol. The molecule has 0 fully saturated rings. The second kappa shape index (κ2) is 7.39. The van der Waals surface area contributed by atoms with Gasteiger partial charge in [0, 0.05) is 0 Å². The van der Waals surface area contributed by atoms with E-state index in [2.05, 4.69) is 12.2 Å². The van der Waals surface area contributed by atoms with Crippen molar-refractivity contribution in [2.75, 3.05) is 11.9 Å². The van der Waals surface area contributed by atoms with Crippen molar-refractivity contribution in [2.45, 2.75) is 45.6 Å². The van der Waals surface area contributed by atoms with Gasteiger partial charge in [-0.15, -0.1) is 0 Å². The topological polar surface area (TPSA) is 38.3 Å². The Morgan fingerprint density at radius 3 is 2.53 bits per heavy atom. The maximum absolute atomic E-state index is 12.3. The van der Waals surface area contributed by atoms with Gasteiger partial charge in [-0.05, 0) is 31.9 Å². The number of ether oxygens (including phenoxy) is 1. The molecule has 0 saturated heterocycles. The third kappa shape index (κ3) is 3.87. The van der Waals surface area contributed by atoms with Gasteiger partial charge in [-0.25, -0.2) is 4.79 Å². The summed E-state index contributed by atoms with van der Waals surface area (Å²) in [6.45, 7) is 6.24. The first-order valence-corrected chi connectivity index (χ1v) is 7.17. The van der Waals surface area contributed by atoms with Crippen LogP contribution in [0, 0.1) is 0 Å². The van der Waals surface area contributed by atoms with Crippen molar-refractivity contribution >= 4 is 23.3 Å². The van der Waals surface area contributed by atoms with Crippen molar-refractivity contribution in [3.8, 4) is 0 Å². The average Bonchev–Trinajstić information content (AvgIpc) is 2.41. The van der Waals surface area contributed by atoms with Gasteiger partial charge in [-0.3, -0.25) is 0 Å². The van der Waals surface area contributed by atoms with Gasteiger partial charge in [0.05, 0.1) is 17.3 Å². The van der Waals surface area contributed by atoms with Gasteiger partial charge in [-0.1, -0.05) is 44.0 Å². The highest BCUT2D eigenvalue weighted by molar-refractivity contribution is 6.33. The van der Waals surface area contributed by atoms with Gasteiger partial charge in [0.2, 0.25) is 0 Å². The van der Waals surface area contributed by atoms with Crippen molar-refractivity contribution in [3.05, 3.63) is 29.3 Å². The van der Waals surface area contributed by atoms with E-state index in [1.54, 1.807) is 6.07 Å². The molecule has 0 aliphatic carbocycles. The Bertz CT molecular complexity index is 422. The summed E-state index contributed by atoms with van der Waals surface area (Å²) in [5.41, 5.74) is 0.0722. The number of hydrogen-bond acceptors (Lipinski definition) is 3. The molecule has 0 spiro atoms. The molecule has 106 valence electrons. The zero-order chi connectivity index (χ0) is 14.3. The number of halogens is 1. The van der Waals surface area contributed by atoms with E-state index in [0.717, 1.165) is 12.1 Å². The van der Waals surface area contributed by atoms with Crippen LogP contribution in [0.3, 0.4) is 0 Å². The van der Waals surface area contributed by atoms with E-state index < -0.39 is 5.54 Å². The molecule has 1 N–H and O–H groups in total. The molecule has 4 heteroatoms. The van der Waals surface area contributed by atoms with Gasteiger partial charge < -0.3 is 10.1 Å². The minimum Gasteiger partial charge on any atom is -0.464 e. The summed E-state index contributed by atoms with van der Waals surface area (Å²) < 4.78 is 5.22. The highest BCUT2D eigenvalue weighted by Gasteiger charge is 2.37. The highest BCUT2D eigenvalue weighted by Crippen LogP contribution is 2.29. The molecule has 1 atom stereocenters. The Kier molecular flexibility index (Phi) is 6.16. The Balaban J connectivity index is 3.03. The van der Waals surface area contributed by atoms with E-state index in [0.29, 0.717) is 24.5 Å². The zero-order valence-corrected chi connectivity index (χ0v) is 12.6. The van der Waals surface area contributed by atoms with Gasteiger partial charge in [-0.2, -0.15) is 0 Å². The van der Waals surface area contributed by atoms with Crippen LogP contribution < -0.4 is 5.32 Å². The smallest absolute Gasteiger partial charge is 0.331 e. The molecule has 0 bridgehead atoms. The summed E-state index contributed by atoms with van der Waals surface area (Å²) in [4.78, 5) is 12.3. The summed E-state index contributed by atoms with van der Waals surface area (Å²) in [7, 11) is 0. The van der Waals surface area contributed by atoms with Crippen LogP contribution in [0.1, 0.15) is 40.0 Å². The number of para-hydroxylation sites is 1. The van der Waals surface area contributed by atoms with Crippen LogP contribution in [0.25, 0.3) is 0 Å². The van der Waals surface area contributed by atoms with Crippen LogP contribution >= 0.6 is 11.6 Å². The van der Waals surface area contributed by atoms with Crippen molar-refractivity contribution < 1.29 is 9.53 Å². The third-order valence-corrected chi connectivity index (χ3v) is 3.52. The van der Waals surface area contributed by atoms with Gasteiger partial charge >= 0.3 is 5.97 Å². The molecule has 3 nitrogen and oxygen atoms in total. The molecule has 0 heterocycles. The summed E-state index contributed by atoms with van der Waals surface area (Å²) in [6, 6.07) is 7.44. The molecule has 19 heavy (non-hydrogen) atoms. The SMILES string of the molecule is CCCC(CC)(Nc1ccccc1Cl)C(=O)OCC. The first-order chi connectivity index (χ1) is 9.09. The van der Waals surface area contributed by atoms with E-state index in [-0.39, 0.29) is 5.97 Å². The molecule has 1 aromatic rings. The molecule has 0 saturated carbocycles. The number of benzene rings is 1. The Morgan fingerprint density at radius 1 is 1.32 bits per heavy atom. The first kappa shape index (κ1) is 15.8. The van der Waals surface area contributed by atoms with E-state index in [4.69, 9.17) is 16.3 Å². The van der Waals surface area contributed by atoms with Crippen LogP contribution in [0.4, 0.5) is 5.69 Å². The fourth-order valence-corrected chi connectivity index (χ4v) is 2.32. The van der Waals surface area contributed by atoms with E-state index in [1.807, 2.05) is 32.0 Å². The lowest BCUT2D eigenvalue weighted by atomic mass is 9.90. The molecule has 1 unspecified atom stereocenters. The monoisotopic (exact) mass is 283 g/mol. The number of rotatable bonds is 7. The standard InChI is InChI=1S/C15H22ClNO2/c1-4-11-15(5-2,14(18)19-6-3)17-13-10-8-7-9-12(13)16/h7-10,17H,4-6,11H2,1-3H3. The van der Waals surface area contributed by atoms with Crippen molar-refractivity contribution in [2.24, 2.45) is 0 Å². The third-order valence-electron chi connectivity index (χ3n) is 3.19. The molecule has 0 aliphatic heterocycles. The lowest BCUT2D eigenvalue weighted by molar-refractivity contribution is -0.149. The maximum Gasteiger partial charge on any atom is 0.331 e. The average molecular weight is 284 g/mol. The normalized spacial score (nSPS) is 13.7. The van der Waals surface area contributed by atoms with Crippen molar-refractivity contribution in [1.29, 1.82) is 0 Å². The van der Waals surface area contributed by atoms with Gasteiger partial charge in [0.15, 0.2) is 0 Å². The Hall–Kier alpha value is -1.22. The number of anilines is 1. The van der Waals surface area contributed by atoms with E-state index in [1.165, 1.54) is 0 Å². The predicted molar refractivity (Wildman–Crippen MR) is 79.6 cm³/mol. The molecular formula is C15H22ClNO2. The quantitative estimate of drug-likeness (QED) is 0.760. The number of carbonyl (C=O) groups is 1. The number of esters is 1. The summed E-state index contributed by atoms with van der Waals surface area (Å²) >= 11 is 6.15. The second-order valence-electron chi connectivity index (χ2n) is 4.51. The van der Waals surface area contributed by atoms with Gasteiger partial charge in [0.25, 0.3) is 0 Å². The van der Waals surface area contributed by atoms with Crippen LogP contribution in [0.5, 0.6) is 0 Å². The van der Waals surface area contributed by atoms with Crippen LogP contribution in [0.2, 0.25) is 5.02 Å². The van der Waals surface area contributed by atoms with Crippen LogP contribution in [0.15, 0.2) is 24.3 Å². The fourth-order valence-electron chi connectivity index (χ4n) is 2.14. The van der Waals surface area contributed by atoms with Gasteiger partial charge in [0.1, 0.15) is 5.54 Å². The number of hydrogen-bond donors (Lipinski definition) is 1. The molecule has 0 radical (unpaired) electrons. The minimum atomic E-state index is -0.699. The summed E-state index contributed by atoms with van der Waals surface area (Å²) in [6.07, 6.45) is 2.27. The van der Waals surface area contributed by atoms with E-state index >= 15 is 0 Å². The van der Waals surface area contributed by atoms with Crippen molar-refractivity contribution in [3.63, 3.8) is 0 Å². The summed E-state index contributed by atoms with van der Waals surface area (Å²) in [5, 5.41) is 3.90. The van der Waals surface area contributed by atoms with Crippen molar-refractivity contribution in [1.82, 2.24) is 0 Å². The molecule has 0 amide bonds. The Morgan fingerprint density at radius 2 is 2.00 bits per heavy atom. The number of carbonyl (C=O) groups excluding carboxylic acids is 1. The fraction of sp³-hybridized carbons (Fsp3) is 0.533. The summed E-state index contributed by atoms with van der Waals surface area (Å²) in [5.74, 6) is -0.209. The number of nitrogens with one attached hydrogen (secondary N) is 1. The van der Waals surface area contributed by atoms with Crippen LogP contribution in [-0.4, -0.2) is 18.1 Å². The van der Waals surface area contributed by atoms with Crippen LogP contribution in [-0.2, 0) is 9.53 Å². The first-order valence-electron chi connectivity index (χ1n) is 6.79. The lowest BCUT2D eigenvalue weighted by Gasteiger charge is -2.32. The zero-order valence-electron chi connectivity index (χ0n) is 11.8. The second-order valence-corrected chi connectivity index (χ2v) is 4.92. The lowest BCUT2D eigenvalue weighted by Crippen LogP contribution is -2.47. The molecule has 0 aromatic heterocycles. The predicted octanol–water partition coefficient (Wildman–Crippen LogP) is 4.26. The van der Waals surface area contributed by atoms with E-state index in [9.17, 15) is 4.79 Å².